The predicted octanol–water partition coefficient (Wildman–Crippen LogP) is 2.20. The molecule has 0 amide bonds. The fourth-order valence-electron chi connectivity index (χ4n) is 1.79. The highest BCUT2D eigenvalue weighted by Crippen LogP contribution is 2.22. The first kappa shape index (κ1) is 13.6. The van der Waals surface area contributed by atoms with Gasteiger partial charge in [0.15, 0.2) is 0 Å². The van der Waals surface area contributed by atoms with Gasteiger partial charge < -0.3 is 10.2 Å². The van der Waals surface area contributed by atoms with Crippen molar-refractivity contribution in [2.24, 2.45) is 0 Å². The average Bonchev–Trinajstić information content (AvgIpc) is 2.21. The molecular formula is C13H20O2S. The summed E-state index contributed by atoms with van der Waals surface area (Å²) >= 11 is 1.66. The molecule has 1 aromatic rings. The summed E-state index contributed by atoms with van der Waals surface area (Å²) in [5, 5.41) is 18.0. The van der Waals surface area contributed by atoms with E-state index < -0.39 is 6.10 Å². The molecule has 0 saturated carbocycles. The number of thioether (sulfide) groups is 1. The minimum atomic E-state index is -0.601. The van der Waals surface area contributed by atoms with Crippen LogP contribution in [0, 0.1) is 20.8 Å². The van der Waals surface area contributed by atoms with Gasteiger partial charge in [0.2, 0.25) is 0 Å². The zero-order chi connectivity index (χ0) is 12.1. The zero-order valence-electron chi connectivity index (χ0n) is 10.2. The van der Waals surface area contributed by atoms with Gasteiger partial charge in [0.05, 0.1) is 12.7 Å². The Morgan fingerprint density at radius 3 is 2.25 bits per heavy atom. The molecule has 2 nitrogen and oxygen atoms in total. The van der Waals surface area contributed by atoms with Gasteiger partial charge in [-0.05, 0) is 37.5 Å². The molecule has 0 radical (unpaired) electrons. The van der Waals surface area contributed by atoms with Gasteiger partial charge in [0.1, 0.15) is 0 Å². The summed E-state index contributed by atoms with van der Waals surface area (Å²) in [5.74, 6) is 1.48. The van der Waals surface area contributed by atoms with Crippen molar-refractivity contribution in [3.63, 3.8) is 0 Å². The van der Waals surface area contributed by atoms with Crippen LogP contribution in [0.1, 0.15) is 22.3 Å². The molecule has 1 atom stereocenters. The summed E-state index contributed by atoms with van der Waals surface area (Å²) in [5.41, 5.74) is 5.26. The third-order valence-electron chi connectivity index (χ3n) is 2.61. The molecular weight excluding hydrogens is 220 g/mol. The third-order valence-corrected chi connectivity index (χ3v) is 3.72. The molecule has 0 saturated heterocycles. The Kier molecular flexibility index (Phi) is 5.32. The maximum absolute atomic E-state index is 9.25. The van der Waals surface area contributed by atoms with E-state index in [2.05, 4.69) is 32.9 Å². The van der Waals surface area contributed by atoms with Crippen molar-refractivity contribution in [1.82, 2.24) is 0 Å². The van der Waals surface area contributed by atoms with E-state index >= 15 is 0 Å². The van der Waals surface area contributed by atoms with E-state index in [9.17, 15) is 5.11 Å². The molecule has 1 rings (SSSR count). The van der Waals surface area contributed by atoms with Gasteiger partial charge in [0.25, 0.3) is 0 Å². The Hall–Kier alpha value is -0.510. The number of hydrogen-bond acceptors (Lipinski definition) is 3. The first-order valence-electron chi connectivity index (χ1n) is 5.48. The summed E-state index contributed by atoms with van der Waals surface area (Å²) in [6, 6.07) is 4.37. The van der Waals surface area contributed by atoms with Gasteiger partial charge in [-0.25, -0.2) is 0 Å². The first-order chi connectivity index (χ1) is 7.54. The molecule has 3 heteroatoms. The standard InChI is InChI=1S/C13H20O2S/c1-9-4-10(2)13(11(3)5-9)8-16-7-12(15)6-14/h4-5,12,14-15H,6-8H2,1-3H3. The fourth-order valence-corrected chi connectivity index (χ4v) is 2.94. The lowest BCUT2D eigenvalue weighted by Gasteiger charge is -2.12. The van der Waals surface area contributed by atoms with E-state index in [0.29, 0.717) is 5.75 Å². The number of aryl methyl sites for hydroxylation is 3. The maximum atomic E-state index is 9.25. The Morgan fingerprint density at radius 2 is 1.75 bits per heavy atom. The molecule has 16 heavy (non-hydrogen) atoms. The number of rotatable bonds is 5. The second-order valence-corrected chi connectivity index (χ2v) is 5.26. The summed E-state index contributed by atoms with van der Waals surface area (Å²) in [6.07, 6.45) is -0.601. The van der Waals surface area contributed by atoms with Gasteiger partial charge in [-0.15, -0.1) is 0 Å². The second kappa shape index (κ2) is 6.28. The maximum Gasteiger partial charge on any atom is 0.0861 e. The van der Waals surface area contributed by atoms with Gasteiger partial charge in [-0.3, -0.25) is 0 Å². The highest BCUT2D eigenvalue weighted by atomic mass is 32.2. The molecule has 0 aliphatic carbocycles. The molecule has 0 fully saturated rings. The quantitative estimate of drug-likeness (QED) is 0.829. The van der Waals surface area contributed by atoms with Crippen LogP contribution < -0.4 is 0 Å². The van der Waals surface area contributed by atoms with Crippen molar-refractivity contribution < 1.29 is 10.2 Å². The second-order valence-electron chi connectivity index (χ2n) is 4.23. The highest BCUT2D eigenvalue weighted by Gasteiger charge is 2.06. The van der Waals surface area contributed by atoms with Crippen LogP contribution in [-0.4, -0.2) is 28.7 Å². The Morgan fingerprint density at radius 1 is 1.19 bits per heavy atom. The van der Waals surface area contributed by atoms with Crippen molar-refractivity contribution in [1.29, 1.82) is 0 Å². The highest BCUT2D eigenvalue weighted by molar-refractivity contribution is 7.98. The van der Waals surface area contributed by atoms with Gasteiger partial charge >= 0.3 is 0 Å². The normalized spacial score (nSPS) is 12.8. The van der Waals surface area contributed by atoms with E-state index in [1.54, 1.807) is 11.8 Å². The minimum absolute atomic E-state index is 0.154. The Balaban J connectivity index is 2.60. The van der Waals surface area contributed by atoms with Crippen LogP contribution in [0.25, 0.3) is 0 Å². The molecule has 0 bridgehead atoms. The van der Waals surface area contributed by atoms with E-state index in [1.807, 2.05) is 0 Å². The van der Waals surface area contributed by atoms with E-state index in [4.69, 9.17) is 5.11 Å². The summed E-state index contributed by atoms with van der Waals surface area (Å²) in [6.45, 7) is 6.20. The van der Waals surface area contributed by atoms with Crippen LogP contribution >= 0.6 is 11.8 Å². The predicted molar refractivity (Wildman–Crippen MR) is 69.9 cm³/mol. The van der Waals surface area contributed by atoms with Crippen molar-refractivity contribution >= 4 is 11.8 Å². The van der Waals surface area contributed by atoms with Crippen molar-refractivity contribution in [2.45, 2.75) is 32.6 Å². The summed E-state index contributed by atoms with van der Waals surface area (Å²) < 4.78 is 0. The van der Waals surface area contributed by atoms with Crippen LogP contribution in [0.3, 0.4) is 0 Å². The van der Waals surface area contributed by atoms with Gasteiger partial charge in [0, 0.05) is 11.5 Å². The molecule has 0 heterocycles. The molecule has 2 N–H and O–H groups in total. The number of aliphatic hydroxyl groups excluding tert-OH is 2. The van der Waals surface area contributed by atoms with Crippen LogP contribution in [0.2, 0.25) is 0 Å². The minimum Gasteiger partial charge on any atom is -0.394 e. The molecule has 1 aromatic carbocycles. The lowest BCUT2D eigenvalue weighted by molar-refractivity contribution is 0.113. The molecule has 0 aromatic heterocycles. The zero-order valence-corrected chi connectivity index (χ0v) is 11.0. The molecule has 0 aliphatic rings. The monoisotopic (exact) mass is 240 g/mol. The summed E-state index contributed by atoms with van der Waals surface area (Å²) in [4.78, 5) is 0. The number of aliphatic hydroxyl groups is 2. The van der Waals surface area contributed by atoms with Crippen molar-refractivity contribution in [3.05, 3.63) is 34.4 Å². The van der Waals surface area contributed by atoms with Gasteiger partial charge in [-0.2, -0.15) is 11.8 Å². The molecule has 0 spiro atoms. The Labute approximate surface area is 102 Å². The smallest absolute Gasteiger partial charge is 0.0861 e. The number of hydrogen-bond donors (Lipinski definition) is 2. The molecule has 1 unspecified atom stereocenters. The van der Waals surface area contributed by atoms with Crippen LogP contribution in [-0.2, 0) is 5.75 Å². The largest absolute Gasteiger partial charge is 0.394 e. The van der Waals surface area contributed by atoms with E-state index in [0.717, 1.165) is 5.75 Å². The SMILES string of the molecule is Cc1cc(C)c(CSCC(O)CO)c(C)c1. The van der Waals surface area contributed by atoms with E-state index in [-0.39, 0.29) is 6.61 Å². The lowest BCUT2D eigenvalue weighted by atomic mass is 10.0. The van der Waals surface area contributed by atoms with Crippen LogP contribution in [0.15, 0.2) is 12.1 Å². The topological polar surface area (TPSA) is 40.5 Å². The van der Waals surface area contributed by atoms with Crippen LogP contribution in [0.4, 0.5) is 0 Å². The Bertz CT molecular complexity index is 327. The van der Waals surface area contributed by atoms with Gasteiger partial charge in [-0.1, -0.05) is 17.7 Å². The van der Waals surface area contributed by atoms with Crippen LogP contribution in [0.5, 0.6) is 0 Å². The third kappa shape index (κ3) is 3.81. The number of benzene rings is 1. The lowest BCUT2D eigenvalue weighted by Crippen LogP contribution is -2.14. The molecule has 0 aliphatic heterocycles. The molecule has 90 valence electrons. The first-order valence-corrected chi connectivity index (χ1v) is 6.63. The van der Waals surface area contributed by atoms with Crippen molar-refractivity contribution in [2.75, 3.05) is 12.4 Å². The van der Waals surface area contributed by atoms with Crippen molar-refractivity contribution in [3.8, 4) is 0 Å². The average molecular weight is 240 g/mol. The fraction of sp³-hybridized carbons (Fsp3) is 0.538. The van der Waals surface area contributed by atoms with E-state index in [1.165, 1.54) is 22.3 Å². The summed E-state index contributed by atoms with van der Waals surface area (Å²) in [7, 11) is 0.